The second-order valence-electron chi connectivity index (χ2n) is 5.56. The van der Waals surface area contributed by atoms with Crippen LogP contribution in [-0.2, 0) is 6.42 Å². The zero-order chi connectivity index (χ0) is 17.4. The van der Waals surface area contributed by atoms with E-state index in [0.717, 1.165) is 26.5 Å². The summed E-state index contributed by atoms with van der Waals surface area (Å²) in [6.45, 7) is 2.04. The fourth-order valence-corrected chi connectivity index (χ4v) is 4.59. The lowest BCUT2D eigenvalue weighted by Crippen LogP contribution is -2.06. The molecule has 2 aromatic heterocycles. The van der Waals surface area contributed by atoms with E-state index in [-0.39, 0.29) is 16.2 Å². The van der Waals surface area contributed by atoms with Crippen LogP contribution in [0.4, 0.5) is 0 Å². The summed E-state index contributed by atoms with van der Waals surface area (Å²) < 4.78 is 7.55. The van der Waals surface area contributed by atoms with Crippen LogP contribution in [0.3, 0.4) is 0 Å². The van der Waals surface area contributed by atoms with Crippen LogP contribution in [0.2, 0.25) is 0 Å². The van der Waals surface area contributed by atoms with Crippen LogP contribution in [0, 0.1) is 0 Å². The number of benzene rings is 2. The minimum atomic E-state index is -0.155. The fraction of sp³-hybridized carbons (Fsp3) is 0.105. The molecule has 0 unspecified atom stereocenters. The number of aliphatic hydroxyl groups is 1. The maximum Gasteiger partial charge on any atom is 0.193 e. The van der Waals surface area contributed by atoms with E-state index in [2.05, 4.69) is 4.98 Å². The smallest absolute Gasteiger partial charge is 0.193 e. The molecule has 0 saturated heterocycles. The molecule has 1 N–H and O–H groups in total. The zero-order valence-corrected chi connectivity index (χ0v) is 15.1. The second-order valence-corrected chi connectivity index (χ2v) is 7.96. The molecule has 4 aromatic rings. The van der Waals surface area contributed by atoms with Gasteiger partial charge in [0.25, 0.3) is 0 Å². The van der Waals surface area contributed by atoms with Crippen LogP contribution in [0.5, 0.6) is 0 Å². The van der Waals surface area contributed by atoms with Gasteiger partial charge in [-0.3, -0.25) is 4.79 Å². The molecule has 4 rings (SSSR count). The number of fused-ring (bicyclic) bond motifs is 2. The number of thiol groups is 1. The van der Waals surface area contributed by atoms with E-state index in [4.69, 9.17) is 4.42 Å². The van der Waals surface area contributed by atoms with Crippen molar-refractivity contribution < 1.29 is 9.52 Å². The van der Waals surface area contributed by atoms with Crippen LogP contribution in [-0.4, -0.2) is 15.1 Å². The normalized spacial score (nSPS) is 12.5. The quantitative estimate of drug-likeness (QED) is 0.411. The number of hydrogen-bond donors (Lipinski definition) is 2. The van der Waals surface area contributed by atoms with Crippen molar-refractivity contribution in [2.75, 3.05) is 0 Å². The van der Waals surface area contributed by atoms with Gasteiger partial charge in [-0.05, 0) is 36.2 Å². The van der Waals surface area contributed by atoms with Gasteiger partial charge in [0, 0.05) is 6.07 Å². The lowest BCUT2D eigenvalue weighted by Gasteiger charge is -2.03. The van der Waals surface area contributed by atoms with Crippen molar-refractivity contribution in [1.29, 1.82) is 0 Å². The first kappa shape index (κ1) is 16.2. The van der Waals surface area contributed by atoms with Gasteiger partial charge < -0.3 is 9.52 Å². The Labute approximate surface area is 151 Å². The van der Waals surface area contributed by atoms with Crippen molar-refractivity contribution in [2.24, 2.45) is 0 Å². The molecular formula is C19H15NO3S2. The van der Waals surface area contributed by atoms with Gasteiger partial charge in [-0.1, -0.05) is 25.1 Å². The number of nitrogens with zero attached hydrogens (tertiary/aromatic N) is 1. The number of aryl methyl sites for hydroxylation is 1. The van der Waals surface area contributed by atoms with Crippen molar-refractivity contribution >= 4 is 48.9 Å². The monoisotopic (exact) mass is 369 g/mol. The molecule has 0 atom stereocenters. The molecule has 6 heteroatoms. The standard InChI is InChI=1S/C19H15NO3S2/c1-2-11-7-8-15-12(9-11)14(21)10-16(23-15)18(22)25-19-20-13-5-3-4-6-17(13)24-19/h3-10,22,25H,2H2,1H3. The summed E-state index contributed by atoms with van der Waals surface area (Å²) in [6.07, 6.45) is 0.852. The molecule has 0 amide bonds. The number of para-hydroxylation sites is 1. The minimum absolute atomic E-state index is 0.0161. The third kappa shape index (κ3) is 3.16. The first-order chi connectivity index (χ1) is 12.1. The summed E-state index contributed by atoms with van der Waals surface area (Å²) in [5.41, 5.74) is 2.30. The molecule has 0 saturated carbocycles. The van der Waals surface area contributed by atoms with Crippen molar-refractivity contribution in [3.8, 4) is 0 Å². The highest BCUT2D eigenvalue weighted by atomic mass is 32.2. The van der Waals surface area contributed by atoms with Gasteiger partial charge in [0.2, 0.25) is 0 Å². The Kier molecular flexibility index (Phi) is 4.25. The largest absolute Gasteiger partial charge is 0.453 e. The Bertz CT molecular complexity index is 1140. The van der Waals surface area contributed by atoms with E-state index in [1.165, 1.54) is 17.4 Å². The summed E-state index contributed by atoms with van der Waals surface area (Å²) in [4.78, 5) is 16.9. The van der Waals surface area contributed by atoms with Crippen LogP contribution >= 0.6 is 22.7 Å². The molecule has 0 aliphatic carbocycles. The summed E-state index contributed by atoms with van der Waals surface area (Å²) in [5.74, 6) is 0.183. The molecule has 0 bridgehead atoms. The molecule has 0 fully saturated rings. The maximum atomic E-state index is 12.4. The Hall–Kier alpha value is -2.28. The zero-order valence-electron chi connectivity index (χ0n) is 13.4. The average molecular weight is 369 g/mol. The fourth-order valence-electron chi connectivity index (χ4n) is 2.59. The molecule has 2 heterocycles. The predicted molar refractivity (Wildman–Crippen MR) is 105 cm³/mol. The maximum absolute atomic E-state index is 12.4. The molecule has 25 heavy (non-hydrogen) atoms. The molecule has 0 aliphatic rings. The second kappa shape index (κ2) is 6.55. The lowest BCUT2D eigenvalue weighted by atomic mass is 10.1. The van der Waals surface area contributed by atoms with E-state index in [0.29, 0.717) is 22.3 Å². The third-order valence-electron chi connectivity index (χ3n) is 3.90. The van der Waals surface area contributed by atoms with Crippen LogP contribution in [0.25, 0.3) is 21.2 Å². The Balaban J connectivity index is 1.78. The molecule has 126 valence electrons. The van der Waals surface area contributed by atoms with Crippen molar-refractivity contribution in [3.63, 3.8) is 0 Å². The van der Waals surface area contributed by atoms with E-state index in [1.54, 1.807) is 6.07 Å². The van der Waals surface area contributed by atoms with Gasteiger partial charge >= 0.3 is 0 Å². The van der Waals surface area contributed by atoms with Crippen LogP contribution < -0.4 is 5.43 Å². The van der Waals surface area contributed by atoms with Gasteiger partial charge in [0.05, 0.1) is 15.6 Å². The summed E-state index contributed by atoms with van der Waals surface area (Å²) >= 11 is 2.03. The lowest BCUT2D eigenvalue weighted by molar-refractivity contribution is 0.518. The van der Waals surface area contributed by atoms with Crippen molar-refractivity contribution in [3.05, 3.63) is 70.1 Å². The third-order valence-corrected chi connectivity index (χ3v) is 6.01. The van der Waals surface area contributed by atoms with Gasteiger partial charge in [-0.25, -0.2) is 4.98 Å². The Morgan fingerprint density at radius 3 is 2.88 bits per heavy atom. The molecular weight excluding hydrogens is 354 g/mol. The van der Waals surface area contributed by atoms with Gasteiger partial charge in [0.15, 0.2) is 11.2 Å². The van der Waals surface area contributed by atoms with E-state index < -0.39 is 0 Å². The highest BCUT2D eigenvalue weighted by Crippen LogP contribution is 2.27. The molecule has 0 radical (unpaired) electrons. The molecule has 2 aromatic carbocycles. The number of hydrogen-bond acceptors (Lipinski definition) is 4. The van der Waals surface area contributed by atoms with Gasteiger partial charge in [-0.2, -0.15) is 0 Å². The SMILES string of the molecule is CCc1ccc2oc(C(O)=[SH]c3nc4ccccc4s3)cc(=O)c2c1. The Morgan fingerprint density at radius 1 is 1.24 bits per heavy atom. The number of thiazole rings is 1. The topological polar surface area (TPSA) is 63.3 Å². The number of aromatic nitrogens is 1. The summed E-state index contributed by atoms with van der Waals surface area (Å²) in [7, 11) is 0. The van der Waals surface area contributed by atoms with Crippen molar-refractivity contribution in [1.82, 2.24) is 4.98 Å². The molecule has 4 nitrogen and oxygen atoms in total. The van der Waals surface area contributed by atoms with E-state index in [9.17, 15) is 9.90 Å². The van der Waals surface area contributed by atoms with E-state index in [1.807, 2.05) is 43.3 Å². The highest BCUT2D eigenvalue weighted by Gasteiger charge is 2.10. The molecule has 0 aliphatic heterocycles. The van der Waals surface area contributed by atoms with Crippen LogP contribution in [0.15, 0.2) is 62.1 Å². The first-order valence-electron chi connectivity index (χ1n) is 7.84. The van der Waals surface area contributed by atoms with Crippen LogP contribution in [0.1, 0.15) is 18.2 Å². The van der Waals surface area contributed by atoms with Crippen molar-refractivity contribution in [2.45, 2.75) is 17.7 Å². The number of rotatable bonds is 3. The first-order valence-corrected chi connectivity index (χ1v) is 9.55. The Morgan fingerprint density at radius 2 is 2.08 bits per heavy atom. The average Bonchev–Trinajstić information content (AvgIpc) is 3.03. The predicted octanol–water partition coefficient (Wildman–Crippen LogP) is 4.53. The summed E-state index contributed by atoms with van der Waals surface area (Å²) in [6, 6.07) is 14.7. The molecule has 0 spiro atoms. The van der Waals surface area contributed by atoms with Gasteiger partial charge in [0.1, 0.15) is 15.0 Å². The summed E-state index contributed by atoms with van der Waals surface area (Å²) in [5, 5.41) is 10.9. The number of aliphatic hydroxyl groups excluding tert-OH is 1. The minimum Gasteiger partial charge on any atom is -0.453 e. The van der Waals surface area contributed by atoms with Gasteiger partial charge in [-0.15, -0.1) is 22.7 Å². The highest BCUT2D eigenvalue weighted by molar-refractivity contribution is 8.00. The van der Waals surface area contributed by atoms with E-state index >= 15 is 0 Å².